The normalized spacial score (nSPS) is 11.3. The third-order valence-electron chi connectivity index (χ3n) is 4.76. The molecule has 3 heterocycles. The van der Waals surface area contributed by atoms with Gasteiger partial charge in [-0.05, 0) is 42.5 Å². The summed E-state index contributed by atoms with van der Waals surface area (Å²) in [5, 5.41) is 13.9. The summed E-state index contributed by atoms with van der Waals surface area (Å²) >= 11 is 6.49. The van der Waals surface area contributed by atoms with Crippen LogP contribution in [0.3, 0.4) is 0 Å². The van der Waals surface area contributed by atoms with Crippen LogP contribution in [0.25, 0.3) is 22.0 Å². The van der Waals surface area contributed by atoms with Crippen LogP contribution in [0.4, 0.5) is 11.5 Å². The Labute approximate surface area is 176 Å². The first kappa shape index (κ1) is 18.5. The summed E-state index contributed by atoms with van der Waals surface area (Å²) in [7, 11) is 0. The third-order valence-corrected chi connectivity index (χ3v) is 5.06. The maximum Gasteiger partial charge on any atom is 0.158 e. The van der Waals surface area contributed by atoms with Crippen molar-refractivity contribution in [3.05, 3.63) is 72.3 Å². The van der Waals surface area contributed by atoms with E-state index >= 15 is 0 Å². The van der Waals surface area contributed by atoms with Gasteiger partial charge in [0.25, 0.3) is 0 Å². The highest BCUT2D eigenvalue weighted by Gasteiger charge is 2.12. The van der Waals surface area contributed by atoms with Crippen molar-refractivity contribution in [3.8, 4) is 11.5 Å². The van der Waals surface area contributed by atoms with E-state index < -0.39 is 0 Å². The number of hydrogen-bond donors (Lipinski definition) is 2. The smallest absolute Gasteiger partial charge is 0.158 e. The Bertz CT molecular complexity index is 1340. The molecule has 0 radical (unpaired) electrons. The lowest BCUT2D eigenvalue weighted by Gasteiger charge is -2.12. The fourth-order valence-electron chi connectivity index (χ4n) is 3.39. The molecule has 0 fully saturated rings. The molecule has 5 rings (SSSR count). The van der Waals surface area contributed by atoms with Crippen LogP contribution < -0.4 is 10.1 Å². The average Bonchev–Trinajstić information content (AvgIpc) is 3.39. The number of nitrogens with zero attached hydrogens (tertiary/aromatic N) is 3. The number of nitrogens with one attached hydrogen (secondary N) is 1. The van der Waals surface area contributed by atoms with Crippen molar-refractivity contribution in [2.24, 2.45) is 0 Å². The summed E-state index contributed by atoms with van der Waals surface area (Å²) in [6.45, 7) is 0.484. The summed E-state index contributed by atoms with van der Waals surface area (Å²) in [6, 6.07) is 14.8. The molecule has 0 saturated heterocycles. The molecule has 0 amide bonds. The quantitative estimate of drug-likeness (QED) is 0.384. The Kier molecular flexibility index (Phi) is 4.74. The second-order valence-corrected chi connectivity index (χ2v) is 7.06. The molecular formula is C22H17ClN4O3. The maximum atomic E-state index is 9.30. The molecule has 7 nitrogen and oxygen atoms in total. The third kappa shape index (κ3) is 3.34. The van der Waals surface area contributed by atoms with Crippen molar-refractivity contribution in [1.29, 1.82) is 0 Å². The number of fused-ring (bicyclic) bond motifs is 2. The number of aromatic nitrogens is 3. The van der Waals surface area contributed by atoms with Gasteiger partial charge in [0.1, 0.15) is 28.9 Å². The van der Waals surface area contributed by atoms with Gasteiger partial charge in [-0.3, -0.25) is 0 Å². The van der Waals surface area contributed by atoms with E-state index in [0.717, 1.165) is 27.7 Å². The van der Waals surface area contributed by atoms with Crippen LogP contribution in [0.1, 0.15) is 0 Å². The zero-order valence-corrected chi connectivity index (χ0v) is 16.5. The van der Waals surface area contributed by atoms with Crippen LogP contribution in [0, 0.1) is 0 Å². The zero-order chi connectivity index (χ0) is 20.5. The second-order valence-electron chi connectivity index (χ2n) is 6.65. The molecular weight excluding hydrogens is 404 g/mol. The molecule has 0 aliphatic heterocycles. The lowest BCUT2D eigenvalue weighted by Crippen LogP contribution is -2.04. The van der Waals surface area contributed by atoms with Gasteiger partial charge in [0, 0.05) is 18.4 Å². The number of halogens is 1. The van der Waals surface area contributed by atoms with Crippen molar-refractivity contribution in [1.82, 2.24) is 14.5 Å². The van der Waals surface area contributed by atoms with Gasteiger partial charge in [-0.15, -0.1) is 0 Å². The van der Waals surface area contributed by atoms with Crippen molar-refractivity contribution in [2.75, 3.05) is 11.9 Å². The Hall–Kier alpha value is -3.55. The van der Waals surface area contributed by atoms with Gasteiger partial charge in [-0.2, -0.15) is 0 Å². The fourth-order valence-corrected chi connectivity index (χ4v) is 3.61. The molecule has 30 heavy (non-hydrogen) atoms. The SMILES string of the molecule is OCCn1ccc2ncnc(Nc3ccc(Oc4cccc5occc45)c(Cl)c3)c21. The number of furan rings is 1. The summed E-state index contributed by atoms with van der Waals surface area (Å²) in [5.41, 5.74) is 3.11. The van der Waals surface area contributed by atoms with E-state index in [2.05, 4.69) is 15.3 Å². The van der Waals surface area contributed by atoms with E-state index in [0.29, 0.717) is 28.9 Å². The van der Waals surface area contributed by atoms with Gasteiger partial charge in [-0.1, -0.05) is 17.7 Å². The van der Waals surface area contributed by atoms with Gasteiger partial charge in [0.05, 0.1) is 28.8 Å². The van der Waals surface area contributed by atoms with E-state index in [4.69, 9.17) is 20.8 Å². The van der Waals surface area contributed by atoms with Crippen molar-refractivity contribution in [2.45, 2.75) is 6.54 Å². The highest BCUT2D eigenvalue weighted by Crippen LogP contribution is 2.36. The van der Waals surface area contributed by atoms with Crippen molar-refractivity contribution in [3.63, 3.8) is 0 Å². The molecule has 2 aromatic carbocycles. The molecule has 3 aromatic heterocycles. The molecule has 2 N–H and O–H groups in total. The van der Waals surface area contributed by atoms with Crippen LogP contribution in [0.5, 0.6) is 11.5 Å². The van der Waals surface area contributed by atoms with Crippen LogP contribution in [-0.4, -0.2) is 26.2 Å². The highest BCUT2D eigenvalue weighted by atomic mass is 35.5. The number of aliphatic hydroxyl groups excluding tert-OH is 1. The predicted octanol–water partition coefficient (Wildman–Crippen LogP) is 5.36. The lowest BCUT2D eigenvalue weighted by atomic mass is 10.2. The monoisotopic (exact) mass is 420 g/mol. The summed E-state index contributed by atoms with van der Waals surface area (Å²) in [6.07, 6.45) is 5.00. The predicted molar refractivity (Wildman–Crippen MR) is 116 cm³/mol. The first-order valence-corrected chi connectivity index (χ1v) is 9.72. The molecule has 150 valence electrons. The minimum Gasteiger partial charge on any atom is -0.464 e. The fraction of sp³-hybridized carbons (Fsp3) is 0.0909. The maximum absolute atomic E-state index is 9.30. The summed E-state index contributed by atoms with van der Waals surface area (Å²) < 4.78 is 13.3. The van der Waals surface area contributed by atoms with Gasteiger partial charge >= 0.3 is 0 Å². The van der Waals surface area contributed by atoms with Crippen LogP contribution >= 0.6 is 11.6 Å². The average molecular weight is 421 g/mol. The molecule has 0 unspecified atom stereocenters. The van der Waals surface area contributed by atoms with Crippen molar-refractivity contribution >= 4 is 45.1 Å². The standard InChI is InChI=1S/C22H17ClN4O3/c23-16-12-14(26-22-21-17(24-13-25-22)6-8-27(21)9-10-28)4-5-20(16)30-19-3-1-2-18-15(19)7-11-29-18/h1-8,11-13,28H,9-10H2,(H,24,25,26). The lowest BCUT2D eigenvalue weighted by molar-refractivity contribution is 0.278. The van der Waals surface area contributed by atoms with Gasteiger partial charge in [0.15, 0.2) is 5.82 Å². The van der Waals surface area contributed by atoms with E-state index in [1.54, 1.807) is 18.4 Å². The Morgan fingerprint density at radius 3 is 2.90 bits per heavy atom. The number of benzene rings is 2. The largest absolute Gasteiger partial charge is 0.464 e. The highest BCUT2D eigenvalue weighted by molar-refractivity contribution is 6.32. The van der Waals surface area contributed by atoms with E-state index in [-0.39, 0.29) is 6.61 Å². The molecule has 5 aromatic rings. The molecule has 0 saturated carbocycles. The first-order chi connectivity index (χ1) is 14.7. The minimum absolute atomic E-state index is 0.0272. The molecule has 8 heteroatoms. The second kappa shape index (κ2) is 7.70. The number of ether oxygens (including phenoxy) is 1. The number of rotatable bonds is 6. The Morgan fingerprint density at radius 2 is 2.03 bits per heavy atom. The summed E-state index contributed by atoms with van der Waals surface area (Å²) in [5.74, 6) is 1.84. The Balaban J connectivity index is 1.44. The van der Waals surface area contributed by atoms with Gasteiger partial charge in [-0.25, -0.2) is 9.97 Å². The van der Waals surface area contributed by atoms with E-state index in [1.807, 2.05) is 47.2 Å². The van der Waals surface area contributed by atoms with Gasteiger partial charge in [0.2, 0.25) is 0 Å². The van der Waals surface area contributed by atoms with Crippen LogP contribution in [-0.2, 0) is 6.54 Å². The minimum atomic E-state index is 0.0272. The van der Waals surface area contributed by atoms with Crippen molar-refractivity contribution < 1.29 is 14.3 Å². The topological polar surface area (TPSA) is 85.3 Å². The van der Waals surface area contributed by atoms with Crippen LogP contribution in [0.15, 0.2) is 71.7 Å². The molecule has 0 spiro atoms. The van der Waals surface area contributed by atoms with E-state index in [1.165, 1.54) is 6.33 Å². The van der Waals surface area contributed by atoms with E-state index in [9.17, 15) is 5.11 Å². The number of hydrogen-bond acceptors (Lipinski definition) is 6. The number of anilines is 2. The first-order valence-electron chi connectivity index (χ1n) is 9.34. The molecule has 0 atom stereocenters. The van der Waals surface area contributed by atoms with Crippen LogP contribution in [0.2, 0.25) is 5.02 Å². The number of aliphatic hydroxyl groups is 1. The summed E-state index contributed by atoms with van der Waals surface area (Å²) in [4.78, 5) is 8.63. The molecule has 0 aliphatic rings. The molecule has 0 aliphatic carbocycles. The van der Waals surface area contributed by atoms with Gasteiger partial charge < -0.3 is 24.1 Å². The Morgan fingerprint density at radius 1 is 1.10 bits per heavy atom. The molecule has 0 bridgehead atoms. The zero-order valence-electron chi connectivity index (χ0n) is 15.7.